The lowest BCUT2D eigenvalue weighted by atomic mass is 9.92. The molecule has 0 bridgehead atoms. The lowest BCUT2D eigenvalue weighted by molar-refractivity contribution is -0.154. The Balaban J connectivity index is 1.42. The average molecular weight is 607 g/mol. The van der Waals surface area contributed by atoms with Crippen molar-refractivity contribution in [2.75, 3.05) is 6.54 Å². The second-order valence-electron chi connectivity index (χ2n) is 12.4. The summed E-state index contributed by atoms with van der Waals surface area (Å²) in [5.74, 6) is -3.89. The number of nitrogens with one attached hydrogen (secondary N) is 4. The third-order valence-electron chi connectivity index (χ3n) is 9.41. The van der Waals surface area contributed by atoms with Gasteiger partial charge in [0.2, 0.25) is 21.5 Å². The molecule has 2 heterocycles. The van der Waals surface area contributed by atoms with E-state index in [4.69, 9.17) is 5.73 Å². The van der Waals surface area contributed by atoms with Crippen LogP contribution in [0, 0.1) is 5.92 Å². The number of amides is 6. The number of nitrogens with two attached hydrogens (primary N) is 1. The van der Waals surface area contributed by atoms with Gasteiger partial charge in [-0.15, -0.1) is 0 Å². The van der Waals surface area contributed by atoms with Gasteiger partial charge in [0, 0.05) is 18.5 Å². The van der Waals surface area contributed by atoms with Crippen molar-refractivity contribution in [2.45, 2.75) is 118 Å². The summed E-state index contributed by atoms with van der Waals surface area (Å²) in [4.78, 5) is 68.5. The molecule has 6 N–H and O–H groups in total. The Morgan fingerprint density at radius 2 is 1.67 bits per heavy atom. The highest BCUT2D eigenvalue weighted by atomic mass is 32.2. The van der Waals surface area contributed by atoms with Gasteiger partial charge in [-0.25, -0.2) is 13.2 Å². The zero-order chi connectivity index (χ0) is 30.1. The molecule has 232 valence electrons. The van der Waals surface area contributed by atoms with Crippen molar-refractivity contribution < 1.29 is 32.4 Å². The first-order chi connectivity index (χ1) is 20.0. The second-order valence-corrected chi connectivity index (χ2v) is 14.4. The molecule has 6 amide bonds. The molecule has 0 spiro atoms. The molecule has 4 fully saturated rings. The molecule has 4 unspecified atom stereocenters. The summed E-state index contributed by atoms with van der Waals surface area (Å²) >= 11 is 0. The zero-order valence-electron chi connectivity index (χ0n) is 23.9. The second kappa shape index (κ2) is 11.8. The van der Waals surface area contributed by atoms with E-state index in [0.717, 1.165) is 43.4 Å². The van der Waals surface area contributed by atoms with Crippen LogP contribution in [-0.4, -0.2) is 77.9 Å². The van der Waals surface area contributed by atoms with Gasteiger partial charge in [0.25, 0.3) is 17.7 Å². The molecule has 13 nitrogen and oxygen atoms in total. The highest BCUT2D eigenvalue weighted by Gasteiger charge is 2.65. The van der Waals surface area contributed by atoms with E-state index in [0.29, 0.717) is 38.5 Å². The molecule has 42 heavy (non-hydrogen) atoms. The number of primary amides is 1. The molecule has 5 aliphatic rings. The van der Waals surface area contributed by atoms with E-state index < -0.39 is 68.0 Å². The maximum Gasteiger partial charge on any atom is 0.315 e. The smallest absolute Gasteiger partial charge is 0.315 e. The van der Waals surface area contributed by atoms with Crippen LogP contribution in [0.5, 0.6) is 0 Å². The van der Waals surface area contributed by atoms with Crippen LogP contribution in [0.15, 0.2) is 12.2 Å². The molecule has 0 aromatic rings. The Hall–Kier alpha value is -3.16. The van der Waals surface area contributed by atoms with E-state index in [-0.39, 0.29) is 25.4 Å². The van der Waals surface area contributed by atoms with Crippen molar-refractivity contribution in [2.24, 2.45) is 11.7 Å². The molecule has 3 saturated carbocycles. The standard InChI is InChI=1S/C28H42N6O7S/c29-23(36)28-15-8-16-34(28)22(35)21(31-26(39)30-19-10-6-7-11-19)12-5-3-1-2-4-9-18-17-27(18,32-25(28)38)24(37)33-42(40,41)20-13-14-20/h4,9,18-21H,1-3,5-8,10-17H2,(H2,29,36)(H,32,38)(H,33,37)(H2,30,31,39)/b9-4+. The summed E-state index contributed by atoms with van der Waals surface area (Å²) in [5, 5.41) is 7.75. The maximum absolute atomic E-state index is 14.0. The fourth-order valence-corrected chi connectivity index (χ4v) is 8.00. The minimum absolute atomic E-state index is 0.0361. The summed E-state index contributed by atoms with van der Waals surface area (Å²) in [6.07, 6.45) is 12.0. The van der Waals surface area contributed by atoms with Crippen molar-refractivity contribution >= 4 is 39.7 Å². The van der Waals surface area contributed by atoms with Crippen LogP contribution >= 0.6 is 0 Å². The average Bonchev–Trinajstić information content (AvgIpc) is 3.79. The topological polar surface area (TPSA) is 197 Å². The molecule has 0 aromatic heterocycles. The summed E-state index contributed by atoms with van der Waals surface area (Å²) in [6, 6.07) is -1.41. The van der Waals surface area contributed by atoms with E-state index in [1.165, 1.54) is 0 Å². The van der Waals surface area contributed by atoms with Crippen molar-refractivity contribution in [1.29, 1.82) is 0 Å². The molecule has 4 atom stereocenters. The number of sulfonamides is 1. The molecule has 3 aliphatic carbocycles. The summed E-state index contributed by atoms with van der Waals surface area (Å²) in [5.41, 5.74) is 2.16. The van der Waals surface area contributed by atoms with Gasteiger partial charge in [0.15, 0.2) is 0 Å². The predicted molar refractivity (Wildman–Crippen MR) is 152 cm³/mol. The Labute approximate surface area is 246 Å². The number of carbonyl (C=O) groups excluding carboxylic acids is 5. The van der Waals surface area contributed by atoms with Crippen molar-refractivity contribution in [1.82, 2.24) is 25.6 Å². The Kier molecular flexibility index (Phi) is 8.55. The molecule has 5 rings (SSSR count). The first kappa shape index (κ1) is 30.3. The number of nitrogens with zero attached hydrogens (tertiary/aromatic N) is 1. The summed E-state index contributed by atoms with van der Waals surface area (Å²) in [6.45, 7) is 0.0657. The van der Waals surface area contributed by atoms with Gasteiger partial charge >= 0.3 is 6.03 Å². The number of hydrogen-bond donors (Lipinski definition) is 5. The summed E-state index contributed by atoms with van der Waals surface area (Å²) < 4.78 is 27.3. The van der Waals surface area contributed by atoms with Crippen LogP contribution < -0.4 is 26.4 Å². The van der Waals surface area contributed by atoms with Crippen LogP contribution in [0.1, 0.15) is 89.9 Å². The van der Waals surface area contributed by atoms with Crippen molar-refractivity contribution in [3.63, 3.8) is 0 Å². The third-order valence-corrected chi connectivity index (χ3v) is 11.2. The highest BCUT2D eigenvalue weighted by Crippen LogP contribution is 2.46. The Morgan fingerprint density at radius 1 is 0.952 bits per heavy atom. The van der Waals surface area contributed by atoms with Gasteiger partial charge in [-0.1, -0.05) is 37.8 Å². The van der Waals surface area contributed by atoms with E-state index >= 15 is 0 Å². The van der Waals surface area contributed by atoms with Crippen LogP contribution in [0.3, 0.4) is 0 Å². The minimum Gasteiger partial charge on any atom is -0.367 e. The molecule has 0 aromatic carbocycles. The first-order valence-electron chi connectivity index (χ1n) is 15.2. The quantitative estimate of drug-likeness (QED) is 0.214. The number of urea groups is 1. The normalized spacial score (nSPS) is 33.3. The number of allylic oxidation sites excluding steroid dienone is 1. The van der Waals surface area contributed by atoms with Gasteiger partial charge in [-0.05, 0) is 64.2 Å². The third kappa shape index (κ3) is 6.00. The van der Waals surface area contributed by atoms with Gasteiger partial charge < -0.3 is 26.6 Å². The molecule has 2 aliphatic heterocycles. The van der Waals surface area contributed by atoms with Crippen LogP contribution in [0.4, 0.5) is 4.79 Å². The minimum atomic E-state index is -3.89. The van der Waals surface area contributed by atoms with Crippen LogP contribution in [0.25, 0.3) is 0 Å². The molecule has 0 radical (unpaired) electrons. The lowest BCUT2D eigenvalue weighted by Crippen LogP contribution is -2.69. The van der Waals surface area contributed by atoms with Crippen LogP contribution in [-0.2, 0) is 29.2 Å². The lowest BCUT2D eigenvalue weighted by Gasteiger charge is -2.37. The van der Waals surface area contributed by atoms with Crippen LogP contribution in [0.2, 0.25) is 0 Å². The number of fused-ring (bicyclic) bond motifs is 2. The highest BCUT2D eigenvalue weighted by molar-refractivity contribution is 7.91. The fourth-order valence-electron chi connectivity index (χ4n) is 6.64. The van der Waals surface area contributed by atoms with E-state index in [9.17, 15) is 32.4 Å². The monoisotopic (exact) mass is 606 g/mol. The van der Waals surface area contributed by atoms with Gasteiger partial charge in [-0.2, -0.15) is 0 Å². The van der Waals surface area contributed by atoms with Crippen molar-refractivity contribution in [3.05, 3.63) is 12.2 Å². The Morgan fingerprint density at radius 3 is 2.36 bits per heavy atom. The van der Waals surface area contributed by atoms with E-state index in [1.807, 2.05) is 6.08 Å². The van der Waals surface area contributed by atoms with Gasteiger partial charge in [0.05, 0.1) is 5.25 Å². The Bertz CT molecular complexity index is 1260. The summed E-state index contributed by atoms with van der Waals surface area (Å²) in [7, 11) is -3.89. The first-order valence-corrected chi connectivity index (χ1v) is 16.8. The maximum atomic E-state index is 14.0. The number of carbonyl (C=O) groups is 5. The van der Waals surface area contributed by atoms with Crippen molar-refractivity contribution in [3.8, 4) is 0 Å². The number of rotatable bonds is 6. The molecule has 1 saturated heterocycles. The molecular weight excluding hydrogens is 564 g/mol. The predicted octanol–water partition coefficient (Wildman–Crippen LogP) is 0.447. The van der Waals surface area contributed by atoms with Gasteiger partial charge in [0.1, 0.15) is 11.6 Å². The van der Waals surface area contributed by atoms with E-state index in [1.54, 1.807) is 6.08 Å². The fraction of sp³-hybridized carbons (Fsp3) is 0.750. The SMILES string of the molecule is NC(=O)C12CCCN1C(=O)C(NC(=O)NC1CCCC1)CCCCC/C=C/C1CC1(C(=O)NS(=O)(=O)C1CC1)NC2=O. The molecule has 14 heteroatoms. The molecular formula is C28H42N6O7S. The van der Waals surface area contributed by atoms with Gasteiger partial charge in [-0.3, -0.25) is 23.9 Å². The largest absolute Gasteiger partial charge is 0.367 e. The number of hydrogen-bond acceptors (Lipinski definition) is 7. The zero-order valence-corrected chi connectivity index (χ0v) is 24.7. The van der Waals surface area contributed by atoms with E-state index in [2.05, 4.69) is 20.7 Å².